The first-order valence-corrected chi connectivity index (χ1v) is 5.68. The highest BCUT2D eigenvalue weighted by molar-refractivity contribution is 5.70. The van der Waals surface area contributed by atoms with E-state index in [-0.39, 0.29) is 0 Å². The predicted octanol–water partition coefficient (Wildman–Crippen LogP) is 2.07. The van der Waals surface area contributed by atoms with Crippen molar-refractivity contribution in [3.05, 3.63) is 36.4 Å². The molecule has 0 aromatic heterocycles. The van der Waals surface area contributed by atoms with Gasteiger partial charge in [-0.3, -0.25) is 4.90 Å². The van der Waals surface area contributed by atoms with Crippen LogP contribution in [-0.4, -0.2) is 24.0 Å². The summed E-state index contributed by atoms with van der Waals surface area (Å²) in [4.78, 5) is 2.39. The van der Waals surface area contributed by atoms with Crippen molar-refractivity contribution >= 4 is 11.4 Å². The van der Waals surface area contributed by atoms with Gasteiger partial charge in [0.1, 0.15) is 0 Å². The van der Waals surface area contributed by atoms with E-state index >= 15 is 0 Å². The molecule has 1 aliphatic rings. The van der Waals surface area contributed by atoms with Gasteiger partial charge in [0.25, 0.3) is 0 Å². The molecule has 0 amide bonds. The lowest BCUT2D eigenvalue weighted by atomic mass is 10.1. The number of nitrogen functional groups attached to an aromatic ring is 1. The summed E-state index contributed by atoms with van der Waals surface area (Å²) in [7, 11) is 0. The predicted molar refractivity (Wildman–Crippen MR) is 69.4 cm³/mol. The molecule has 0 radical (unpaired) electrons. The second-order valence-electron chi connectivity index (χ2n) is 4.33. The van der Waals surface area contributed by atoms with Crippen molar-refractivity contribution in [1.29, 1.82) is 0 Å². The lowest BCUT2D eigenvalue weighted by Gasteiger charge is -2.24. The fourth-order valence-electron chi connectivity index (χ4n) is 2.13. The van der Waals surface area contributed by atoms with Crippen LogP contribution in [0.15, 0.2) is 30.9 Å². The molecular weight excluding hydrogens is 198 g/mol. The maximum Gasteiger partial charge on any atom is 0.0620 e. The first-order valence-electron chi connectivity index (χ1n) is 5.68. The molecule has 1 atom stereocenters. The van der Waals surface area contributed by atoms with E-state index in [1.807, 2.05) is 18.2 Å². The first kappa shape index (κ1) is 11.0. The van der Waals surface area contributed by atoms with E-state index in [0.29, 0.717) is 6.04 Å². The highest BCUT2D eigenvalue weighted by Crippen LogP contribution is 2.27. The number of nitrogens with two attached hydrogens (primary N) is 1. The van der Waals surface area contributed by atoms with Crippen LogP contribution in [0.25, 0.3) is 0 Å². The van der Waals surface area contributed by atoms with Gasteiger partial charge in [-0.15, -0.1) is 6.58 Å². The number of hydrogen-bond acceptors (Lipinski definition) is 3. The van der Waals surface area contributed by atoms with Gasteiger partial charge in [-0.05, 0) is 18.6 Å². The number of nitrogens with one attached hydrogen (secondary N) is 1. The van der Waals surface area contributed by atoms with Crippen molar-refractivity contribution in [2.45, 2.75) is 19.5 Å². The standard InChI is InChI=1S/C13H19N3/c1-3-7-16-9-11-5-4-6-12(14)13(11)15-8-10(16)2/h3-6,10,15H,1,7-9,14H2,2H3. The first-order chi connectivity index (χ1) is 7.72. The average Bonchev–Trinajstić information content (AvgIpc) is 2.41. The van der Waals surface area contributed by atoms with Crippen LogP contribution in [0.2, 0.25) is 0 Å². The summed E-state index contributed by atoms with van der Waals surface area (Å²) < 4.78 is 0. The molecule has 0 saturated heterocycles. The Labute approximate surface area is 96.9 Å². The van der Waals surface area contributed by atoms with Gasteiger partial charge in [-0.25, -0.2) is 0 Å². The molecule has 1 aromatic carbocycles. The van der Waals surface area contributed by atoms with Crippen molar-refractivity contribution in [1.82, 2.24) is 4.90 Å². The van der Waals surface area contributed by atoms with Gasteiger partial charge in [-0.1, -0.05) is 18.2 Å². The highest BCUT2D eigenvalue weighted by Gasteiger charge is 2.19. The molecule has 0 bridgehead atoms. The summed E-state index contributed by atoms with van der Waals surface area (Å²) in [5.41, 5.74) is 9.18. The van der Waals surface area contributed by atoms with Crippen molar-refractivity contribution in [2.24, 2.45) is 0 Å². The number of rotatable bonds is 2. The normalized spacial score (nSPS) is 20.7. The Morgan fingerprint density at radius 3 is 3.19 bits per heavy atom. The zero-order chi connectivity index (χ0) is 11.5. The third-order valence-electron chi connectivity index (χ3n) is 3.12. The van der Waals surface area contributed by atoms with Gasteiger partial charge in [0.15, 0.2) is 0 Å². The van der Waals surface area contributed by atoms with Gasteiger partial charge in [0, 0.05) is 25.7 Å². The molecule has 3 N–H and O–H groups in total. The minimum absolute atomic E-state index is 0.491. The van der Waals surface area contributed by atoms with Crippen molar-refractivity contribution in [2.75, 3.05) is 24.1 Å². The quantitative estimate of drug-likeness (QED) is 0.588. The van der Waals surface area contributed by atoms with E-state index in [2.05, 4.69) is 29.8 Å². The SMILES string of the molecule is C=CCN1Cc2cccc(N)c2NCC1C. The molecule has 0 fully saturated rings. The Kier molecular flexibility index (Phi) is 3.15. The second kappa shape index (κ2) is 4.58. The lowest BCUT2D eigenvalue weighted by molar-refractivity contribution is 0.236. The smallest absolute Gasteiger partial charge is 0.0620 e. The Balaban J connectivity index is 2.30. The minimum Gasteiger partial charge on any atom is -0.397 e. The number of para-hydroxylation sites is 1. The molecule has 0 spiro atoms. The molecule has 0 saturated carbocycles. The summed E-state index contributed by atoms with van der Waals surface area (Å²) in [6.45, 7) is 8.80. The van der Waals surface area contributed by atoms with Gasteiger partial charge < -0.3 is 11.1 Å². The molecule has 3 nitrogen and oxygen atoms in total. The van der Waals surface area contributed by atoms with E-state index in [0.717, 1.165) is 31.0 Å². The largest absolute Gasteiger partial charge is 0.397 e. The van der Waals surface area contributed by atoms with Gasteiger partial charge >= 0.3 is 0 Å². The van der Waals surface area contributed by atoms with Crippen LogP contribution in [0.3, 0.4) is 0 Å². The number of nitrogens with zero attached hydrogens (tertiary/aromatic N) is 1. The van der Waals surface area contributed by atoms with Crippen LogP contribution in [0.5, 0.6) is 0 Å². The van der Waals surface area contributed by atoms with Crippen molar-refractivity contribution < 1.29 is 0 Å². The summed E-state index contributed by atoms with van der Waals surface area (Å²) in [5.74, 6) is 0. The molecule has 1 heterocycles. The highest BCUT2D eigenvalue weighted by atomic mass is 15.2. The van der Waals surface area contributed by atoms with Crippen LogP contribution >= 0.6 is 0 Å². The van der Waals surface area contributed by atoms with Crippen LogP contribution in [0.4, 0.5) is 11.4 Å². The van der Waals surface area contributed by atoms with Crippen LogP contribution in [-0.2, 0) is 6.54 Å². The summed E-state index contributed by atoms with van der Waals surface area (Å²) in [5, 5.41) is 3.43. The maximum atomic E-state index is 5.97. The number of fused-ring (bicyclic) bond motifs is 1. The third kappa shape index (κ3) is 2.04. The summed E-state index contributed by atoms with van der Waals surface area (Å²) in [6, 6.07) is 6.58. The molecule has 1 aliphatic heterocycles. The van der Waals surface area contributed by atoms with Crippen molar-refractivity contribution in [3.8, 4) is 0 Å². The molecule has 1 unspecified atom stereocenters. The fourth-order valence-corrected chi connectivity index (χ4v) is 2.13. The minimum atomic E-state index is 0.491. The Morgan fingerprint density at radius 2 is 2.44 bits per heavy atom. The Morgan fingerprint density at radius 1 is 1.62 bits per heavy atom. The lowest BCUT2D eigenvalue weighted by Crippen LogP contribution is -2.35. The number of hydrogen-bond donors (Lipinski definition) is 2. The average molecular weight is 217 g/mol. The van der Waals surface area contributed by atoms with Crippen molar-refractivity contribution in [3.63, 3.8) is 0 Å². The zero-order valence-electron chi connectivity index (χ0n) is 9.74. The van der Waals surface area contributed by atoms with Crippen LogP contribution in [0, 0.1) is 0 Å². The molecule has 0 aliphatic carbocycles. The molecular formula is C13H19N3. The second-order valence-corrected chi connectivity index (χ2v) is 4.33. The molecule has 2 rings (SSSR count). The Bertz CT molecular complexity index is 387. The third-order valence-corrected chi connectivity index (χ3v) is 3.12. The van der Waals surface area contributed by atoms with E-state index in [1.165, 1.54) is 5.56 Å². The summed E-state index contributed by atoms with van der Waals surface area (Å²) >= 11 is 0. The molecule has 3 heteroatoms. The van der Waals surface area contributed by atoms with Gasteiger partial charge in [0.2, 0.25) is 0 Å². The van der Waals surface area contributed by atoms with Crippen LogP contribution in [0.1, 0.15) is 12.5 Å². The van der Waals surface area contributed by atoms with E-state index in [9.17, 15) is 0 Å². The Hall–Kier alpha value is -1.48. The van der Waals surface area contributed by atoms with E-state index in [4.69, 9.17) is 5.73 Å². The summed E-state index contributed by atoms with van der Waals surface area (Å²) in [6.07, 6.45) is 1.95. The molecule has 16 heavy (non-hydrogen) atoms. The molecule has 86 valence electrons. The van der Waals surface area contributed by atoms with E-state index < -0.39 is 0 Å². The van der Waals surface area contributed by atoms with Crippen LogP contribution < -0.4 is 11.1 Å². The maximum absolute atomic E-state index is 5.97. The monoisotopic (exact) mass is 217 g/mol. The molecule has 1 aromatic rings. The fraction of sp³-hybridized carbons (Fsp3) is 0.385. The number of benzene rings is 1. The number of anilines is 2. The van der Waals surface area contributed by atoms with Gasteiger partial charge in [-0.2, -0.15) is 0 Å². The topological polar surface area (TPSA) is 41.3 Å². The van der Waals surface area contributed by atoms with E-state index in [1.54, 1.807) is 0 Å². The van der Waals surface area contributed by atoms with Gasteiger partial charge in [0.05, 0.1) is 11.4 Å². The zero-order valence-corrected chi connectivity index (χ0v) is 9.74.